The van der Waals surface area contributed by atoms with Crippen LogP contribution >= 0.6 is 0 Å². The van der Waals surface area contributed by atoms with Gasteiger partial charge in [0, 0.05) is 41.6 Å². The van der Waals surface area contributed by atoms with Gasteiger partial charge in [0.15, 0.2) is 0 Å². The summed E-state index contributed by atoms with van der Waals surface area (Å²) in [6.07, 6.45) is 1.38. The molecule has 0 amide bonds. The molecule has 1 atom stereocenters. The molecule has 1 aromatic carbocycles. The third-order valence-corrected chi connectivity index (χ3v) is 7.43. The topological polar surface area (TPSA) is 38.1 Å². The van der Waals surface area contributed by atoms with E-state index in [4.69, 9.17) is 0 Å². The lowest BCUT2D eigenvalue weighted by Gasteiger charge is -2.57. The zero-order chi connectivity index (χ0) is 28.1. The van der Waals surface area contributed by atoms with Crippen molar-refractivity contribution in [2.75, 3.05) is 0 Å². The number of alkyl halides is 3. The molecule has 0 spiro atoms. The van der Waals surface area contributed by atoms with Crippen molar-refractivity contribution in [3.05, 3.63) is 95.6 Å². The average molecular weight is 528 g/mol. The highest BCUT2D eigenvalue weighted by molar-refractivity contribution is 6.06. The molecule has 3 heterocycles. The molecule has 1 unspecified atom stereocenters. The number of halogens is 5. The SMILES string of the molecule is CC(C)(C)C1(C(C)(C)C)C=CN=C(c2ccccn2)C1c1cc(F)cc(F)c1-c1ccc(C(F)(F)F)cn1. The summed E-state index contributed by atoms with van der Waals surface area (Å²) < 4.78 is 70.4. The minimum Gasteiger partial charge on any atom is -0.259 e. The van der Waals surface area contributed by atoms with Crippen LogP contribution in [0.1, 0.15) is 64.3 Å². The molecule has 38 heavy (non-hydrogen) atoms. The largest absolute Gasteiger partial charge is 0.417 e. The third kappa shape index (κ3) is 4.65. The third-order valence-electron chi connectivity index (χ3n) is 7.43. The van der Waals surface area contributed by atoms with Crippen LogP contribution in [0.4, 0.5) is 22.0 Å². The Balaban J connectivity index is 2.10. The van der Waals surface area contributed by atoms with Crippen molar-refractivity contribution in [2.45, 2.75) is 53.6 Å². The summed E-state index contributed by atoms with van der Waals surface area (Å²) in [7, 11) is 0. The monoisotopic (exact) mass is 527 g/mol. The van der Waals surface area contributed by atoms with Crippen molar-refractivity contribution < 1.29 is 22.0 Å². The summed E-state index contributed by atoms with van der Waals surface area (Å²) in [5.41, 5.74) is -1.44. The maximum absolute atomic E-state index is 15.7. The van der Waals surface area contributed by atoms with E-state index in [9.17, 15) is 17.6 Å². The second-order valence-electron chi connectivity index (χ2n) is 11.6. The van der Waals surface area contributed by atoms with Crippen LogP contribution in [-0.2, 0) is 6.18 Å². The Labute approximate surface area is 219 Å². The molecule has 1 aliphatic rings. The van der Waals surface area contributed by atoms with Gasteiger partial charge in [0.25, 0.3) is 0 Å². The van der Waals surface area contributed by atoms with Gasteiger partial charge in [-0.3, -0.25) is 15.0 Å². The molecule has 2 aromatic heterocycles. The van der Waals surface area contributed by atoms with Crippen LogP contribution in [0.2, 0.25) is 0 Å². The van der Waals surface area contributed by atoms with Gasteiger partial charge >= 0.3 is 6.18 Å². The lowest BCUT2D eigenvalue weighted by atomic mass is 9.46. The average Bonchev–Trinajstić information content (AvgIpc) is 2.81. The number of hydrogen-bond acceptors (Lipinski definition) is 3. The summed E-state index contributed by atoms with van der Waals surface area (Å²) in [4.78, 5) is 13.2. The van der Waals surface area contributed by atoms with Crippen LogP contribution in [0.25, 0.3) is 11.3 Å². The highest BCUT2D eigenvalue weighted by Crippen LogP contribution is 2.63. The van der Waals surface area contributed by atoms with E-state index >= 15 is 4.39 Å². The van der Waals surface area contributed by atoms with Gasteiger partial charge in [-0.25, -0.2) is 8.78 Å². The molecule has 0 fully saturated rings. The molecule has 0 N–H and O–H groups in total. The van der Waals surface area contributed by atoms with Crippen molar-refractivity contribution in [1.29, 1.82) is 0 Å². The molecule has 3 nitrogen and oxygen atoms in total. The van der Waals surface area contributed by atoms with Crippen molar-refractivity contribution in [2.24, 2.45) is 21.2 Å². The minimum atomic E-state index is -4.60. The van der Waals surface area contributed by atoms with E-state index < -0.39 is 45.5 Å². The minimum absolute atomic E-state index is 0.0304. The fourth-order valence-corrected chi connectivity index (χ4v) is 6.03. The molecule has 4 rings (SSSR count). The lowest BCUT2D eigenvalue weighted by Crippen LogP contribution is -2.52. The van der Waals surface area contributed by atoms with Gasteiger partial charge in [-0.05, 0) is 46.7 Å². The molecule has 0 bridgehead atoms. The Morgan fingerprint density at radius 1 is 0.816 bits per heavy atom. The first-order valence-corrected chi connectivity index (χ1v) is 12.3. The Kier molecular flexibility index (Phi) is 6.83. The van der Waals surface area contributed by atoms with Crippen molar-refractivity contribution >= 4 is 5.71 Å². The Bertz CT molecular complexity index is 1360. The van der Waals surface area contributed by atoms with Gasteiger partial charge in [0.05, 0.1) is 22.7 Å². The maximum atomic E-state index is 15.7. The van der Waals surface area contributed by atoms with Gasteiger partial charge in [-0.2, -0.15) is 13.2 Å². The van der Waals surface area contributed by atoms with Crippen molar-refractivity contribution in [3.8, 4) is 11.3 Å². The Morgan fingerprint density at radius 2 is 1.50 bits per heavy atom. The van der Waals surface area contributed by atoms with Crippen LogP contribution in [0.3, 0.4) is 0 Å². The zero-order valence-electron chi connectivity index (χ0n) is 22.2. The van der Waals surface area contributed by atoms with Crippen LogP contribution in [0.5, 0.6) is 0 Å². The van der Waals surface area contributed by atoms with Crippen molar-refractivity contribution in [3.63, 3.8) is 0 Å². The quantitative estimate of drug-likeness (QED) is 0.320. The summed E-state index contributed by atoms with van der Waals surface area (Å²) in [5, 5.41) is 0. The van der Waals surface area contributed by atoms with E-state index in [-0.39, 0.29) is 16.8 Å². The van der Waals surface area contributed by atoms with Crippen LogP contribution in [0, 0.1) is 27.9 Å². The highest BCUT2D eigenvalue weighted by Gasteiger charge is 2.57. The normalized spacial score (nSPS) is 17.9. The number of hydrogen-bond donors (Lipinski definition) is 0. The second kappa shape index (κ2) is 9.40. The molecule has 200 valence electrons. The lowest BCUT2D eigenvalue weighted by molar-refractivity contribution is -0.137. The first-order chi connectivity index (χ1) is 17.6. The summed E-state index contributed by atoms with van der Waals surface area (Å²) >= 11 is 0. The first-order valence-electron chi connectivity index (χ1n) is 12.3. The summed E-state index contributed by atoms with van der Waals surface area (Å²) in [6, 6.07) is 9.29. The first kappa shape index (κ1) is 27.6. The molecule has 1 aliphatic heterocycles. The molecule has 0 saturated heterocycles. The van der Waals surface area contributed by atoms with Gasteiger partial charge in [-0.15, -0.1) is 0 Å². The van der Waals surface area contributed by atoms with E-state index in [2.05, 4.69) is 56.5 Å². The number of pyridine rings is 2. The molecule has 0 saturated carbocycles. The molecule has 8 heteroatoms. The molecule has 3 aromatic rings. The number of aromatic nitrogens is 2. The maximum Gasteiger partial charge on any atom is 0.417 e. The van der Waals surface area contributed by atoms with Gasteiger partial charge in [0.2, 0.25) is 0 Å². The second-order valence-corrected chi connectivity index (χ2v) is 11.6. The Morgan fingerprint density at radius 3 is 2.03 bits per heavy atom. The van der Waals surface area contributed by atoms with E-state index in [1.807, 2.05) is 6.08 Å². The summed E-state index contributed by atoms with van der Waals surface area (Å²) in [5.74, 6) is -2.44. The Hall–Kier alpha value is -3.42. The van der Waals surface area contributed by atoms with E-state index in [1.54, 1.807) is 30.6 Å². The standard InChI is InChI=1S/C30H30F5N3/c1-27(2,3)29(28(4,5)6)12-14-37-26(23-9-7-8-13-36-23)25(29)20-15-19(31)16-21(32)24(20)22-11-10-18(17-38-22)30(33,34)35/h7-17,25H,1-6H3. The van der Waals surface area contributed by atoms with Crippen LogP contribution in [0.15, 0.2) is 72.1 Å². The van der Waals surface area contributed by atoms with Crippen LogP contribution in [-0.4, -0.2) is 15.7 Å². The van der Waals surface area contributed by atoms with Crippen molar-refractivity contribution in [1.82, 2.24) is 9.97 Å². The number of aliphatic imine (C=N–C) groups is 1. The molecule has 0 radical (unpaired) electrons. The van der Waals surface area contributed by atoms with E-state index in [0.717, 1.165) is 18.2 Å². The van der Waals surface area contributed by atoms with E-state index in [1.165, 1.54) is 6.07 Å². The van der Waals surface area contributed by atoms with Gasteiger partial charge in [-0.1, -0.05) is 53.7 Å². The molecular weight excluding hydrogens is 497 g/mol. The number of benzene rings is 1. The summed E-state index contributed by atoms with van der Waals surface area (Å²) in [6.45, 7) is 12.3. The fourth-order valence-electron chi connectivity index (χ4n) is 6.03. The predicted molar refractivity (Wildman–Crippen MR) is 139 cm³/mol. The van der Waals surface area contributed by atoms with Gasteiger partial charge in [0.1, 0.15) is 11.6 Å². The smallest absolute Gasteiger partial charge is 0.259 e. The predicted octanol–water partition coefficient (Wildman–Crippen LogP) is 8.62. The van der Waals surface area contributed by atoms with E-state index in [0.29, 0.717) is 17.6 Å². The molecule has 0 aliphatic carbocycles. The number of nitrogens with zero attached hydrogens (tertiary/aromatic N) is 3. The number of rotatable bonds is 3. The highest BCUT2D eigenvalue weighted by atomic mass is 19.4. The fraction of sp³-hybridized carbons (Fsp3) is 0.367. The van der Waals surface area contributed by atoms with Gasteiger partial charge < -0.3 is 0 Å². The number of allylic oxidation sites excluding steroid dienone is 1. The van der Waals surface area contributed by atoms with Crippen LogP contribution < -0.4 is 0 Å². The zero-order valence-corrected chi connectivity index (χ0v) is 22.2. The molecular formula is C30H30F5N3.